The van der Waals surface area contributed by atoms with Crippen molar-refractivity contribution in [2.45, 2.75) is 46.3 Å². The highest BCUT2D eigenvalue weighted by atomic mass is 15.2. The van der Waals surface area contributed by atoms with Crippen molar-refractivity contribution >= 4 is 5.96 Å². The largest absolute Gasteiger partial charge is 0.357 e. The van der Waals surface area contributed by atoms with Gasteiger partial charge in [0.05, 0.1) is 12.9 Å². The topological polar surface area (TPSA) is 54.2 Å². The molecule has 124 valence electrons. The Balaban J connectivity index is 1.94. The van der Waals surface area contributed by atoms with Crippen LogP contribution in [0.4, 0.5) is 0 Å². The van der Waals surface area contributed by atoms with Crippen LogP contribution >= 0.6 is 0 Å². The van der Waals surface area contributed by atoms with Gasteiger partial charge in [0.25, 0.3) is 0 Å². The van der Waals surface area contributed by atoms with Crippen molar-refractivity contribution in [3.8, 4) is 0 Å². The highest BCUT2D eigenvalue weighted by Gasteiger charge is 2.02. The summed E-state index contributed by atoms with van der Waals surface area (Å²) in [5, 5.41) is 6.70. The lowest BCUT2D eigenvalue weighted by atomic mass is 10.1. The van der Waals surface area contributed by atoms with Crippen molar-refractivity contribution < 1.29 is 0 Å². The quantitative estimate of drug-likeness (QED) is 0.610. The van der Waals surface area contributed by atoms with Gasteiger partial charge in [-0.25, -0.2) is 9.98 Å². The first-order valence-electron chi connectivity index (χ1n) is 8.29. The van der Waals surface area contributed by atoms with E-state index in [2.05, 4.69) is 70.2 Å². The molecule has 0 spiro atoms. The summed E-state index contributed by atoms with van der Waals surface area (Å²) in [6.45, 7) is 8.81. The normalized spacial score (nSPS) is 12.9. The molecule has 2 aromatic rings. The van der Waals surface area contributed by atoms with Gasteiger partial charge >= 0.3 is 0 Å². The molecule has 0 saturated heterocycles. The molecule has 2 N–H and O–H groups in total. The summed E-state index contributed by atoms with van der Waals surface area (Å²) < 4.78 is 2.06. The van der Waals surface area contributed by atoms with E-state index in [-0.39, 0.29) is 0 Å². The second kappa shape index (κ2) is 8.98. The maximum Gasteiger partial charge on any atom is 0.191 e. The van der Waals surface area contributed by atoms with Gasteiger partial charge in [-0.3, -0.25) is 0 Å². The minimum Gasteiger partial charge on any atom is -0.357 e. The maximum absolute atomic E-state index is 4.66. The first kappa shape index (κ1) is 17.1. The molecule has 0 radical (unpaired) electrons. The lowest BCUT2D eigenvalue weighted by Crippen LogP contribution is -2.41. The van der Waals surface area contributed by atoms with Crippen LogP contribution in [0.15, 0.2) is 48.0 Å². The predicted octanol–water partition coefficient (Wildman–Crippen LogP) is 2.79. The summed E-state index contributed by atoms with van der Waals surface area (Å²) in [5.41, 5.74) is 2.47. The Morgan fingerprint density at radius 2 is 1.96 bits per heavy atom. The van der Waals surface area contributed by atoms with Gasteiger partial charge in [0.15, 0.2) is 5.96 Å². The van der Waals surface area contributed by atoms with Gasteiger partial charge in [-0.2, -0.15) is 0 Å². The van der Waals surface area contributed by atoms with E-state index < -0.39 is 0 Å². The van der Waals surface area contributed by atoms with Crippen LogP contribution in [0.3, 0.4) is 0 Å². The molecule has 1 atom stereocenters. The summed E-state index contributed by atoms with van der Waals surface area (Å²) in [6.07, 6.45) is 6.69. The van der Waals surface area contributed by atoms with Gasteiger partial charge in [-0.15, -0.1) is 0 Å². The van der Waals surface area contributed by atoms with Crippen LogP contribution in [0.2, 0.25) is 0 Å². The van der Waals surface area contributed by atoms with Crippen molar-refractivity contribution in [1.29, 1.82) is 0 Å². The zero-order valence-corrected chi connectivity index (χ0v) is 14.3. The maximum atomic E-state index is 4.66. The third kappa shape index (κ3) is 5.77. The number of nitrogens with zero attached hydrogens (tertiary/aromatic N) is 3. The number of imidazole rings is 1. The molecule has 0 amide bonds. The van der Waals surface area contributed by atoms with Gasteiger partial charge in [0, 0.05) is 31.5 Å². The number of benzene rings is 1. The molecule has 0 aliphatic heterocycles. The summed E-state index contributed by atoms with van der Waals surface area (Å²) >= 11 is 0. The molecular weight excluding hydrogens is 286 g/mol. The SMILES string of the molecule is CCNC(=NCc1ccc(Cn2ccnc2)cc1)NC(C)CC. The van der Waals surface area contributed by atoms with E-state index in [9.17, 15) is 0 Å². The highest BCUT2D eigenvalue weighted by Crippen LogP contribution is 2.07. The average molecular weight is 313 g/mol. The smallest absolute Gasteiger partial charge is 0.191 e. The summed E-state index contributed by atoms with van der Waals surface area (Å²) in [5.74, 6) is 0.879. The Hall–Kier alpha value is -2.30. The monoisotopic (exact) mass is 313 g/mol. The molecule has 0 aliphatic carbocycles. The van der Waals surface area contributed by atoms with E-state index >= 15 is 0 Å². The number of hydrogen-bond donors (Lipinski definition) is 2. The molecule has 5 nitrogen and oxygen atoms in total. The number of nitrogens with one attached hydrogen (secondary N) is 2. The molecule has 0 bridgehead atoms. The Labute approximate surface area is 138 Å². The number of aromatic nitrogens is 2. The minimum absolute atomic E-state index is 0.422. The molecule has 23 heavy (non-hydrogen) atoms. The van der Waals surface area contributed by atoms with Gasteiger partial charge in [-0.05, 0) is 31.4 Å². The van der Waals surface area contributed by atoms with Gasteiger partial charge in [-0.1, -0.05) is 31.2 Å². The van der Waals surface area contributed by atoms with Crippen LogP contribution in [-0.2, 0) is 13.1 Å². The predicted molar refractivity (Wildman–Crippen MR) is 95.5 cm³/mol. The third-order valence-corrected chi connectivity index (χ3v) is 3.71. The fourth-order valence-corrected chi connectivity index (χ4v) is 2.17. The van der Waals surface area contributed by atoms with Crippen molar-refractivity contribution in [3.05, 3.63) is 54.1 Å². The molecule has 1 heterocycles. The number of guanidine groups is 1. The lowest BCUT2D eigenvalue weighted by Gasteiger charge is -2.16. The van der Waals surface area contributed by atoms with E-state index in [4.69, 9.17) is 0 Å². The second-order valence-corrected chi connectivity index (χ2v) is 5.70. The molecule has 2 rings (SSSR count). The van der Waals surface area contributed by atoms with Crippen molar-refractivity contribution in [3.63, 3.8) is 0 Å². The molecule has 0 fully saturated rings. The number of aliphatic imine (C=N–C) groups is 1. The lowest BCUT2D eigenvalue weighted by molar-refractivity contribution is 0.624. The molecule has 1 aromatic heterocycles. The van der Waals surface area contributed by atoms with Crippen LogP contribution in [0.1, 0.15) is 38.3 Å². The number of rotatable bonds is 7. The summed E-state index contributed by atoms with van der Waals surface area (Å²) in [4.78, 5) is 8.72. The van der Waals surface area contributed by atoms with E-state index in [1.54, 1.807) is 6.20 Å². The first-order chi connectivity index (χ1) is 11.2. The second-order valence-electron chi connectivity index (χ2n) is 5.70. The Kier molecular flexibility index (Phi) is 6.66. The third-order valence-electron chi connectivity index (χ3n) is 3.71. The first-order valence-corrected chi connectivity index (χ1v) is 8.29. The Bertz CT molecular complexity index is 586. The zero-order valence-electron chi connectivity index (χ0n) is 14.3. The Morgan fingerprint density at radius 1 is 1.22 bits per heavy atom. The highest BCUT2D eigenvalue weighted by molar-refractivity contribution is 5.80. The Morgan fingerprint density at radius 3 is 2.57 bits per heavy atom. The molecular formula is C18H27N5. The van der Waals surface area contributed by atoms with Crippen molar-refractivity contribution in [2.24, 2.45) is 4.99 Å². The van der Waals surface area contributed by atoms with Gasteiger partial charge < -0.3 is 15.2 Å². The van der Waals surface area contributed by atoms with Crippen LogP contribution in [-0.4, -0.2) is 28.1 Å². The molecule has 0 aliphatic rings. The van der Waals surface area contributed by atoms with Gasteiger partial charge in [0.1, 0.15) is 0 Å². The van der Waals surface area contributed by atoms with Crippen LogP contribution < -0.4 is 10.6 Å². The molecule has 1 unspecified atom stereocenters. The molecule has 5 heteroatoms. The number of hydrogen-bond acceptors (Lipinski definition) is 2. The standard InChI is InChI=1S/C18H27N5/c1-4-15(3)22-18(20-5-2)21-12-16-6-8-17(9-7-16)13-23-11-10-19-14-23/h6-11,14-15H,4-5,12-13H2,1-3H3,(H2,20,21,22). The van der Waals surface area contributed by atoms with Crippen LogP contribution in [0, 0.1) is 0 Å². The summed E-state index contributed by atoms with van der Waals surface area (Å²) in [6, 6.07) is 9.01. The zero-order chi connectivity index (χ0) is 16.5. The molecule has 1 aromatic carbocycles. The van der Waals surface area contributed by atoms with Gasteiger partial charge in [0.2, 0.25) is 0 Å². The van der Waals surface area contributed by atoms with Crippen LogP contribution in [0.25, 0.3) is 0 Å². The van der Waals surface area contributed by atoms with Crippen molar-refractivity contribution in [2.75, 3.05) is 6.54 Å². The minimum atomic E-state index is 0.422. The van der Waals surface area contributed by atoms with E-state index in [0.29, 0.717) is 12.6 Å². The van der Waals surface area contributed by atoms with E-state index in [1.807, 2.05) is 12.5 Å². The molecule has 0 saturated carbocycles. The average Bonchev–Trinajstić information content (AvgIpc) is 3.07. The van der Waals surface area contributed by atoms with E-state index in [0.717, 1.165) is 25.5 Å². The fraction of sp³-hybridized carbons (Fsp3) is 0.444. The fourth-order valence-electron chi connectivity index (χ4n) is 2.17. The van der Waals surface area contributed by atoms with Crippen LogP contribution in [0.5, 0.6) is 0 Å². The van der Waals surface area contributed by atoms with Crippen molar-refractivity contribution in [1.82, 2.24) is 20.2 Å². The van der Waals surface area contributed by atoms with E-state index in [1.165, 1.54) is 11.1 Å². The summed E-state index contributed by atoms with van der Waals surface area (Å²) in [7, 11) is 0.